The van der Waals surface area contributed by atoms with Gasteiger partial charge in [0.15, 0.2) is 0 Å². The summed E-state index contributed by atoms with van der Waals surface area (Å²) in [6.07, 6.45) is 27.3. The first-order valence-electron chi connectivity index (χ1n) is 40.3. The highest BCUT2D eigenvalue weighted by Gasteiger charge is 2.16. The number of benzene rings is 3. The number of carbonyl (C=O) groups excluding carboxylic acids is 11. The molecule has 0 amide bonds. The van der Waals surface area contributed by atoms with E-state index in [1.807, 2.05) is 6.92 Å². The molecule has 614 valence electrons. The highest BCUT2D eigenvalue weighted by Crippen LogP contribution is 2.24. The minimum absolute atomic E-state index is 0.0334. The van der Waals surface area contributed by atoms with Crippen LogP contribution in [0.4, 0.5) is 0 Å². The molecule has 0 fully saturated rings. The molecule has 0 saturated carbocycles. The van der Waals surface area contributed by atoms with Crippen LogP contribution >= 0.6 is 0 Å². The number of ether oxygens (including phenoxy) is 13. The second kappa shape index (κ2) is 64.9. The Balaban J connectivity index is 1.03. The number of hydrogen-bond donors (Lipinski definition) is 1. The third kappa shape index (κ3) is 53.1. The van der Waals surface area contributed by atoms with E-state index in [-0.39, 0.29) is 131 Å². The highest BCUT2D eigenvalue weighted by atomic mass is 16.6. The molecule has 1 N–H and O–H groups in total. The fraction of sp³-hybridized carbons (Fsp3) is 0.635. The molecule has 3 aromatic rings. The van der Waals surface area contributed by atoms with Gasteiger partial charge in [0.1, 0.15) is 23.0 Å². The first kappa shape index (κ1) is 95.3. The minimum Gasteiger partial charge on any atom is -0.494 e. The van der Waals surface area contributed by atoms with Gasteiger partial charge in [0.2, 0.25) is 0 Å². The number of rotatable bonds is 69. The third-order valence-corrected chi connectivity index (χ3v) is 17.4. The van der Waals surface area contributed by atoms with E-state index in [0.29, 0.717) is 203 Å². The van der Waals surface area contributed by atoms with Crippen molar-refractivity contribution >= 4 is 65.7 Å². The molecular weight excluding hydrogens is 1420 g/mol. The predicted molar refractivity (Wildman–Crippen MR) is 410 cm³/mol. The molecule has 3 aromatic carbocycles. The average Bonchev–Trinajstić information content (AvgIpc) is 0.860. The molecular formula is C85H124O25. The summed E-state index contributed by atoms with van der Waals surface area (Å²) in [5, 5.41) is 8.78. The Hall–Kier alpha value is -8.87. The Labute approximate surface area is 650 Å². The first-order chi connectivity index (χ1) is 53.6. The van der Waals surface area contributed by atoms with E-state index in [2.05, 4.69) is 6.58 Å². The second-order valence-electron chi connectivity index (χ2n) is 26.9. The van der Waals surface area contributed by atoms with E-state index in [9.17, 15) is 52.7 Å². The maximum absolute atomic E-state index is 13.0. The third-order valence-electron chi connectivity index (χ3n) is 17.4. The van der Waals surface area contributed by atoms with Gasteiger partial charge in [-0.3, -0.25) is 38.4 Å². The largest absolute Gasteiger partial charge is 0.494 e. The quantitative estimate of drug-likeness (QED) is 0.0180. The van der Waals surface area contributed by atoms with Gasteiger partial charge in [-0.25, -0.2) is 14.4 Å². The van der Waals surface area contributed by atoms with Gasteiger partial charge in [-0.1, -0.05) is 19.9 Å². The molecule has 0 aliphatic rings. The monoisotopic (exact) mass is 1540 g/mol. The number of hydrogen-bond acceptors (Lipinski definition) is 25. The summed E-state index contributed by atoms with van der Waals surface area (Å²) >= 11 is 0. The van der Waals surface area contributed by atoms with Crippen LogP contribution in [0.5, 0.6) is 23.0 Å². The lowest BCUT2D eigenvalue weighted by atomic mass is 10.1. The second-order valence-corrected chi connectivity index (χ2v) is 26.9. The molecule has 3 rings (SSSR count). The van der Waals surface area contributed by atoms with Crippen LogP contribution in [0.25, 0.3) is 0 Å². The van der Waals surface area contributed by atoms with Crippen molar-refractivity contribution in [3.63, 3.8) is 0 Å². The highest BCUT2D eigenvalue weighted by molar-refractivity contribution is 5.92. The molecule has 25 nitrogen and oxygen atoms in total. The van der Waals surface area contributed by atoms with Crippen molar-refractivity contribution in [1.29, 1.82) is 0 Å². The topological polar surface area (TPSA) is 328 Å². The van der Waals surface area contributed by atoms with Crippen molar-refractivity contribution in [1.82, 2.24) is 0 Å². The summed E-state index contributed by atoms with van der Waals surface area (Å²) < 4.78 is 70.5. The predicted octanol–water partition coefficient (Wildman–Crippen LogP) is 16.3. The summed E-state index contributed by atoms with van der Waals surface area (Å²) in [6.45, 7) is 8.83. The molecule has 0 bridgehead atoms. The van der Waals surface area contributed by atoms with Crippen LogP contribution in [-0.2, 0) is 85.8 Å². The molecule has 0 aromatic heterocycles. The molecule has 1 unspecified atom stereocenters. The molecule has 25 heteroatoms. The van der Waals surface area contributed by atoms with Crippen molar-refractivity contribution < 1.29 is 119 Å². The normalized spacial score (nSPS) is 11.1. The Morgan fingerprint density at radius 3 is 0.827 bits per heavy atom. The standard InChI is InChI=1S/C85H124O25/c1-3-70(108-72-51-47-69(48-52-72)85(97)110-74-55-53-73(54-56-74)109-84(96)68-45-49-71(50-46-68)98-58-26-5-6-27-59-99-75(87)4-2)36-16-8-28-60-100-77(89)38-18-10-30-62-102-79(91)40-20-12-32-64-104-81(93)42-22-14-34-66-106-83(95)44-24-15-35-67-107-82(94)43-23-13-33-65-105-80(92)41-21-11-31-63-103-78(90)39-19-9-29-61-101-76(88)37-17-7-25-57-86/h4,45-56,70,86H,2-3,5-44,57-67H2,1H3. The molecule has 110 heavy (non-hydrogen) atoms. The van der Waals surface area contributed by atoms with Crippen LogP contribution in [0.2, 0.25) is 0 Å². The van der Waals surface area contributed by atoms with E-state index in [0.717, 1.165) is 96.0 Å². The SMILES string of the molecule is C=CC(=O)OCCCCCCOc1ccc(C(=O)Oc2ccc(OC(=O)c3ccc(OC(CC)CCCCCOC(=O)CCCCCOC(=O)CCCCCOC(=O)CCCCCOC(=O)CCCCCOC(=O)CCCCCOC(=O)CCCCCOC(=O)CCCCCOC(=O)CCCCCO)cc3)cc2)cc1. The van der Waals surface area contributed by atoms with Gasteiger partial charge in [0.05, 0.1) is 83.3 Å². The van der Waals surface area contributed by atoms with Crippen LogP contribution in [0.1, 0.15) is 291 Å². The van der Waals surface area contributed by atoms with E-state index >= 15 is 0 Å². The molecule has 0 heterocycles. The van der Waals surface area contributed by atoms with Crippen LogP contribution < -0.4 is 18.9 Å². The number of aliphatic hydroxyl groups is 1. The number of unbranched alkanes of at least 4 members (excludes halogenated alkanes) is 21. The maximum Gasteiger partial charge on any atom is 0.343 e. The minimum atomic E-state index is -0.557. The molecule has 0 saturated heterocycles. The molecule has 0 aliphatic heterocycles. The lowest BCUT2D eigenvalue weighted by Crippen LogP contribution is -2.15. The van der Waals surface area contributed by atoms with Crippen molar-refractivity contribution in [2.75, 3.05) is 72.7 Å². The van der Waals surface area contributed by atoms with Crippen LogP contribution in [-0.4, -0.2) is 150 Å². The number of esters is 11. The lowest BCUT2D eigenvalue weighted by molar-refractivity contribution is -0.146. The van der Waals surface area contributed by atoms with Gasteiger partial charge in [0.25, 0.3) is 0 Å². The molecule has 0 radical (unpaired) electrons. The van der Waals surface area contributed by atoms with Crippen molar-refractivity contribution in [3.8, 4) is 23.0 Å². The van der Waals surface area contributed by atoms with Gasteiger partial charge in [-0.2, -0.15) is 0 Å². The Bertz CT molecular complexity index is 3040. The zero-order chi connectivity index (χ0) is 79.5. The fourth-order valence-corrected chi connectivity index (χ4v) is 10.9. The van der Waals surface area contributed by atoms with Gasteiger partial charge in [-0.15, -0.1) is 0 Å². The Morgan fingerprint density at radius 2 is 0.545 bits per heavy atom. The van der Waals surface area contributed by atoms with E-state index in [4.69, 9.17) is 66.7 Å². The molecule has 0 aliphatic carbocycles. The van der Waals surface area contributed by atoms with Crippen molar-refractivity contribution in [3.05, 3.63) is 96.6 Å². The average molecular weight is 1550 g/mol. The molecule has 1 atom stereocenters. The first-order valence-corrected chi connectivity index (χ1v) is 40.3. The Kier molecular flexibility index (Phi) is 56.2. The smallest absolute Gasteiger partial charge is 0.343 e. The number of carbonyl (C=O) groups is 11. The van der Waals surface area contributed by atoms with Gasteiger partial charge >= 0.3 is 65.7 Å². The van der Waals surface area contributed by atoms with E-state index < -0.39 is 17.9 Å². The summed E-state index contributed by atoms with van der Waals surface area (Å²) in [4.78, 5) is 133. The van der Waals surface area contributed by atoms with Crippen LogP contribution in [0.15, 0.2) is 85.5 Å². The van der Waals surface area contributed by atoms with Gasteiger partial charge in [-0.05, 0) is 278 Å². The summed E-state index contributed by atoms with van der Waals surface area (Å²) in [5.41, 5.74) is 0.682. The van der Waals surface area contributed by atoms with Crippen LogP contribution in [0, 0.1) is 0 Å². The van der Waals surface area contributed by atoms with Crippen molar-refractivity contribution in [2.45, 2.75) is 276 Å². The zero-order valence-electron chi connectivity index (χ0n) is 65.3. The lowest BCUT2D eigenvalue weighted by Gasteiger charge is -2.17. The molecule has 0 spiro atoms. The fourth-order valence-electron chi connectivity index (χ4n) is 10.9. The van der Waals surface area contributed by atoms with Crippen LogP contribution in [0.3, 0.4) is 0 Å². The summed E-state index contributed by atoms with van der Waals surface area (Å²) in [5.74, 6) is -1.85. The summed E-state index contributed by atoms with van der Waals surface area (Å²) in [6, 6.07) is 19.6. The van der Waals surface area contributed by atoms with Gasteiger partial charge < -0.3 is 66.7 Å². The van der Waals surface area contributed by atoms with E-state index in [1.54, 1.807) is 72.8 Å². The zero-order valence-corrected chi connectivity index (χ0v) is 65.3. The number of aliphatic hydroxyl groups excluding tert-OH is 1. The van der Waals surface area contributed by atoms with E-state index in [1.165, 1.54) is 0 Å². The van der Waals surface area contributed by atoms with Crippen molar-refractivity contribution in [2.24, 2.45) is 0 Å². The van der Waals surface area contributed by atoms with Gasteiger partial charge in [0, 0.05) is 64.0 Å². The maximum atomic E-state index is 13.0. The summed E-state index contributed by atoms with van der Waals surface area (Å²) in [7, 11) is 0. The Morgan fingerprint density at radius 1 is 0.300 bits per heavy atom.